The zero-order valence-corrected chi connectivity index (χ0v) is 23.5. The third kappa shape index (κ3) is 8.62. The zero-order valence-electron chi connectivity index (χ0n) is 23.5. The second-order valence-electron chi connectivity index (χ2n) is 10.9. The number of aliphatic imine (C=N–C) groups is 1. The van der Waals surface area contributed by atoms with Gasteiger partial charge in [0.1, 0.15) is 17.9 Å². The van der Waals surface area contributed by atoms with Gasteiger partial charge >= 0.3 is 12.3 Å². The zero-order chi connectivity index (χ0) is 29.7. The van der Waals surface area contributed by atoms with E-state index in [1.807, 2.05) is 39.8 Å². The van der Waals surface area contributed by atoms with Gasteiger partial charge in [0, 0.05) is 30.5 Å². The minimum Gasteiger partial charge on any atom is -0.507 e. The molecule has 0 radical (unpaired) electrons. The van der Waals surface area contributed by atoms with Crippen molar-refractivity contribution < 1.29 is 32.6 Å². The maximum absolute atomic E-state index is 12.5. The first-order chi connectivity index (χ1) is 18.7. The number of carbonyl (C=O) groups excluding carboxylic acids is 2. The summed E-state index contributed by atoms with van der Waals surface area (Å²) >= 11 is 0. The van der Waals surface area contributed by atoms with Crippen molar-refractivity contribution >= 4 is 29.6 Å². The number of aryl methyl sites for hydroxylation is 1. The molecule has 11 heteroatoms. The van der Waals surface area contributed by atoms with Gasteiger partial charge in [0.25, 0.3) is 5.91 Å². The molecule has 0 aliphatic carbocycles. The predicted molar refractivity (Wildman–Crippen MR) is 149 cm³/mol. The van der Waals surface area contributed by atoms with Crippen molar-refractivity contribution in [3.8, 4) is 5.75 Å². The maximum atomic E-state index is 12.5. The molecular weight excluding hydrogens is 525 g/mol. The first-order valence-electron chi connectivity index (χ1n) is 13.2. The van der Waals surface area contributed by atoms with Gasteiger partial charge in [-0.1, -0.05) is 12.1 Å². The van der Waals surface area contributed by atoms with Gasteiger partial charge in [-0.3, -0.25) is 9.79 Å². The van der Waals surface area contributed by atoms with E-state index in [9.17, 15) is 27.9 Å². The van der Waals surface area contributed by atoms with Crippen LogP contribution in [0.3, 0.4) is 0 Å². The Morgan fingerprint density at radius 2 is 1.82 bits per heavy atom. The van der Waals surface area contributed by atoms with Crippen LogP contribution in [0.2, 0.25) is 0 Å². The van der Waals surface area contributed by atoms with Gasteiger partial charge in [-0.25, -0.2) is 4.79 Å². The largest absolute Gasteiger partial charge is 0.507 e. The molecule has 2 amide bonds. The van der Waals surface area contributed by atoms with Crippen LogP contribution in [0.1, 0.15) is 73.5 Å². The fourth-order valence-electron chi connectivity index (χ4n) is 4.59. The van der Waals surface area contributed by atoms with E-state index in [0.717, 1.165) is 29.7 Å². The molecule has 2 aromatic carbocycles. The van der Waals surface area contributed by atoms with Crippen molar-refractivity contribution in [2.45, 2.75) is 71.7 Å². The normalized spacial score (nSPS) is 14.8. The summed E-state index contributed by atoms with van der Waals surface area (Å²) in [7, 11) is 0. The molecule has 1 aliphatic rings. The number of alkyl halides is 3. The minimum atomic E-state index is -4.56. The van der Waals surface area contributed by atoms with Crippen molar-refractivity contribution in [1.29, 1.82) is 0 Å². The SMILES string of the molecule is CC=NCc1cc(C2CCN(C(=O)OC(C)(C)C)CC2)ccc1Nc1cc(C)c(C(=O)NCC(F)(F)F)c(O)c1. The lowest BCUT2D eigenvalue weighted by atomic mass is 9.88. The van der Waals surface area contributed by atoms with Crippen molar-refractivity contribution in [3.05, 3.63) is 52.6 Å². The summed E-state index contributed by atoms with van der Waals surface area (Å²) in [6.07, 6.45) is -1.55. The molecule has 2 aromatic rings. The van der Waals surface area contributed by atoms with Crippen molar-refractivity contribution in [1.82, 2.24) is 10.2 Å². The summed E-state index contributed by atoms with van der Waals surface area (Å²) in [5.41, 5.74) is 2.83. The minimum absolute atomic E-state index is 0.210. The molecule has 0 saturated carbocycles. The van der Waals surface area contributed by atoms with Crippen LogP contribution >= 0.6 is 0 Å². The molecule has 0 atom stereocenters. The summed E-state index contributed by atoms with van der Waals surface area (Å²) in [6, 6.07) is 8.92. The molecule has 3 N–H and O–H groups in total. The molecule has 0 bridgehead atoms. The lowest BCUT2D eigenvalue weighted by molar-refractivity contribution is -0.123. The number of piperidine rings is 1. The highest BCUT2D eigenvalue weighted by atomic mass is 19.4. The second-order valence-corrected chi connectivity index (χ2v) is 10.9. The lowest BCUT2D eigenvalue weighted by Gasteiger charge is -2.33. The van der Waals surface area contributed by atoms with Gasteiger partial charge < -0.3 is 25.4 Å². The number of nitrogens with zero attached hydrogens (tertiary/aromatic N) is 2. The number of phenols is 1. The number of ether oxygens (including phenoxy) is 1. The fraction of sp³-hybridized carbons (Fsp3) is 0.483. The van der Waals surface area contributed by atoms with Gasteiger partial charge in [0.15, 0.2) is 0 Å². The number of halogens is 3. The van der Waals surface area contributed by atoms with Crippen LogP contribution in [-0.2, 0) is 11.3 Å². The number of hydrogen-bond acceptors (Lipinski definition) is 6. The maximum Gasteiger partial charge on any atom is 0.410 e. The van der Waals surface area contributed by atoms with Gasteiger partial charge in [0.05, 0.1) is 12.1 Å². The molecule has 40 heavy (non-hydrogen) atoms. The Kier molecular flexibility index (Phi) is 9.70. The number of hydrogen-bond donors (Lipinski definition) is 3. The van der Waals surface area contributed by atoms with E-state index in [0.29, 0.717) is 30.9 Å². The summed E-state index contributed by atoms with van der Waals surface area (Å²) in [6.45, 7) is 9.04. The Morgan fingerprint density at radius 3 is 2.40 bits per heavy atom. The first-order valence-corrected chi connectivity index (χ1v) is 13.2. The van der Waals surface area contributed by atoms with Crippen molar-refractivity contribution in [2.75, 3.05) is 25.0 Å². The second kappa shape index (κ2) is 12.6. The van der Waals surface area contributed by atoms with E-state index in [1.165, 1.54) is 6.07 Å². The number of rotatable bonds is 7. The highest BCUT2D eigenvalue weighted by molar-refractivity contribution is 5.99. The van der Waals surface area contributed by atoms with E-state index >= 15 is 0 Å². The van der Waals surface area contributed by atoms with Crippen LogP contribution in [0.4, 0.5) is 29.3 Å². The summed E-state index contributed by atoms with van der Waals surface area (Å²) in [4.78, 5) is 30.8. The Hall–Kier alpha value is -3.76. The van der Waals surface area contributed by atoms with E-state index in [4.69, 9.17) is 4.74 Å². The van der Waals surface area contributed by atoms with E-state index in [1.54, 1.807) is 29.4 Å². The number of carbonyl (C=O) groups is 2. The molecule has 8 nitrogen and oxygen atoms in total. The van der Waals surface area contributed by atoms with Crippen LogP contribution in [0, 0.1) is 6.92 Å². The molecule has 1 saturated heterocycles. The molecule has 218 valence electrons. The number of nitrogens with one attached hydrogen (secondary N) is 2. The highest BCUT2D eigenvalue weighted by Crippen LogP contribution is 2.34. The average Bonchev–Trinajstić information content (AvgIpc) is 2.85. The number of phenolic OH excluding ortho intramolecular Hbond substituents is 1. The summed E-state index contributed by atoms with van der Waals surface area (Å²) in [5.74, 6) is -1.17. The third-order valence-electron chi connectivity index (χ3n) is 6.46. The molecule has 1 fully saturated rings. The van der Waals surface area contributed by atoms with Crippen LogP contribution in [0.5, 0.6) is 5.75 Å². The summed E-state index contributed by atoms with van der Waals surface area (Å²) < 4.78 is 43.0. The van der Waals surface area contributed by atoms with E-state index in [-0.39, 0.29) is 17.6 Å². The number of benzene rings is 2. The van der Waals surface area contributed by atoms with Crippen LogP contribution in [-0.4, -0.2) is 59.6 Å². The van der Waals surface area contributed by atoms with E-state index in [2.05, 4.69) is 16.4 Å². The number of likely N-dealkylation sites (tertiary alicyclic amines) is 1. The van der Waals surface area contributed by atoms with Gasteiger partial charge in [-0.15, -0.1) is 0 Å². The standard InChI is InChI=1S/C29H37F3N4O4/c1-6-33-16-21-14-20(19-9-11-36(12-10-19)27(39)40-28(3,4)5)7-8-23(21)35-22-13-18(2)25(24(37)15-22)26(38)34-17-29(30,31)32/h6-8,13-15,19,35,37H,9-12,16-17H2,1-5H3,(H,34,38). The third-order valence-corrected chi connectivity index (χ3v) is 6.46. The van der Waals surface area contributed by atoms with Crippen LogP contribution in [0.25, 0.3) is 0 Å². The molecule has 0 unspecified atom stereocenters. The van der Waals surface area contributed by atoms with Crippen molar-refractivity contribution in [2.24, 2.45) is 4.99 Å². The summed E-state index contributed by atoms with van der Waals surface area (Å²) in [5, 5.41) is 15.5. The monoisotopic (exact) mass is 562 g/mol. The van der Waals surface area contributed by atoms with Gasteiger partial charge in [-0.05, 0) is 88.4 Å². The quantitative estimate of drug-likeness (QED) is 0.337. The highest BCUT2D eigenvalue weighted by Gasteiger charge is 2.29. The van der Waals surface area contributed by atoms with Crippen molar-refractivity contribution in [3.63, 3.8) is 0 Å². The van der Waals surface area contributed by atoms with E-state index < -0.39 is 30.0 Å². The fourth-order valence-corrected chi connectivity index (χ4v) is 4.59. The van der Waals surface area contributed by atoms with Crippen LogP contribution in [0.15, 0.2) is 35.3 Å². The van der Waals surface area contributed by atoms with Crippen LogP contribution < -0.4 is 10.6 Å². The molecular formula is C29H37F3N4O4. The Balaban J connectivity index is 1.76. The predicted octanol–water partition coefficient (Wildman–Crippen LogP) is 6.44. The molecule has 0 aromatic heterocycles. The smallest absolute Gasteiger partial charge is 0.410 e. The Labute approximate surface area is 232 Å². The number of amides is 2. The Bertz CT molecular complexity index is 1220. The first kappa shape index (κ1) is 30.8. The Morgan fingerprint density at radius 1 is 1.15 bits per heavy atom. The molecule has 0 spiro atoms. The molecule has 1 aliphatic heterocycles. The molecule has 3 rings (SSSR count). The number of aromatic hydroxyl groups is 1. The molecule has 1 heterocycles. The van der Waals surface area contributed by atoms with Gasteiger partial charge in [-0.2, -0.15) is 13.2 Å². The lowest BCUT2D eigenvalue weighted by Crippen LogP contribution is -2.41. The topological polar surface area (TPSA) is 103 Å². The van der Waals surface area contributed by atoms with Gasteiger partial charge in [0.2, 0.25) is 0 Å². The average molecular weight is 563 g/mol. The number of anilines is 2.